The minimum absolute atomic E-state index is 1.15. The van der Waals surface area contributed by atoms with Crippen LogP contribution in [0.5, 0.6) is 0 Å². The molecule has 1 aliphatic rings. The quantitative estimate of drug-likeness (QED) is 0.602. The molecule has 0 fully saturated rings. The van der Waals surface area contributed by atoms with Crippen molar-refractivity contribution < 1.29 is 0 Å². The highest BCUT2D eigenvalue weighted by molar-refractivity contribution is 14.1. The fourth-order valence-electron chi connectivity index (χ4n) is 0.462. The van der Waals surface area contributed by atoms with Crippen LogP contribution < -0.4 is 0 Å². The molecule has 1 rings (SSSR count). The van der Waals surface area contributed by atoms with E-state index in [0.29, 0.717) is 0 Å². The van der Waals surface area contributed by atoms with Crippen LogP contribution in [0.25, 0.3) is 0 Å². The molecule has 0 bridgehead atoms. The van der Waals surface area contributed by atoms with Gasteiger partial charge in [-0.05, 0) is 61.3 Å². The molecule has 0 atom stereocenters. The molecule has 0 spiro atoms. The molecule has 0 amide bonds. The normalized spacial score (nSPS) is 19.1. The average Bonchev–Trinajstić information content (AvgIpc) is 1.87. The van der Waals surface area contributed by atoms with Crippen molar-refractivity contribution in [3.63, 3.8) is 0 Å². The summed E-state index contributed by atoms with van der Waals surface area (Å²) in [5.41, 5.74) is 0. The van der Waals surface area contributed by atoms with Crippen LogP contribution in [-0.4, -0.2) is 0 Å². The molecule has 0 aromatic heterocycles. The van der Waals surface area contributed by atoms with Crippen LogP contribution >= 0.6 is 45.2 Å². The Bertz CT molecular complexity index is 133. The minimum Gasteiger partial charge on any atom is -0.0662 e. The van der Waals surface area contributed by atoms with Gasteiger partial charge in [-0.3, -0.25) is 0 Å². The Morgan fingerprint density at radius 3 is 2.29 bits per heavy atom. The van der Waals surface area contributed by atoms with Gasteiger partial charge in [0.15, 0.2) is 0 Å². The fraction of sp³-hybridized carbons (Fsp3) is 0.200. The lowest BCUT2D eigenvalue weighted by Gasteiger charge is -1.76. The first-order valence-electron chi connectivity index (χ1n) is 2.01. The van der Waals surface area contributed by atoms with Gasteiger partial charge >= 0.3 is 0 Å². The van der Waals surface area contributed by atoms with Crippen molar-refractivity contribution >= 4 is 45.2 Å². The van der Waals surface area contributed by atoms with Gasteiger partial charge in [-0.25, -0.2) is 0 Å². The Morgan fingerprint density at radius 1 is 1.43 bits per heavy atom. The van der Waals surface area contributed by atoms with Gasteiger partial charge in [0.1, 0.15) is 0 Å². The maximum atomic E-state index is 2.35. The molecule has 0 aromatic carbocycles. The third-order valence-electron chi connectivity index (χ3n) is 0.787. The van der Waals surface area contributed by atoms with Crippen LogP contribution in [0.4, 0.5) is 0 Å². The molecule has 7 heavy (non-hydrogen) atoms. The van der Waals surface area contributed by atoms with Crippen molar-refractivity contribution in [3.05, 3.63) is 19.3 Å². The first-order chi connectivity index (χ1) is 3.29. The number of hydrogen-bond donors (Lipinski definition) is 0. The van der Waals surface area contributed by atoms with Crippen LogP contribution in [0.1, 0.15) is 6.42 Å². The first kappa shape index (κ1) is 6.07. The van der Waals surface area contributed by atoms with E-state index in [2.05, 4.69) is 57.3 Å². The predicted molar refractivity (Wildman–Crippen MR) is 48.8 cm³/mol. The standard InChI is InChI=1S/C5H4I2/c6-4-1-2-5(7)3-4/h1,3H,2H2. The van der Waals surface area contributed by atoms with Crippen molar-refractivity contribution in [1.82, 2.24) is 0 Å². The number of allylic oxidation sites excluding steroid dienone is 4. The van der Waals surface area contributed by atoms with E-state index in [1.54, 1.807) is 0 Å². The maximum absolute atomic E-state index is 2.35. The van der Waals surface area contributed by atoms with Crippen LogP contribution in [-0.2, 0) is 0 Å². The zero-order valence-electron chi connectivity index (χ0n) is 3.62. The smallest absolute Gasteiger partial charge is 0.0101 e. The Labute approximate surface area is 70.3 Å². The highest BCUT2D eigenvalue weighted by Gasteiger charge is 1.97. The summed E-state index contributed by atoms with van der Waals surface area (Å²) in [6.07, 6.45) is 5.57. The van der Waals surface area contributed by atoms with Gasteiger partial charge in [0.05, 0.1) is 0 Å². The number of hydrogen-bond acceptors (Lipinski definition) is 0. The van der Waals surface area contributed by atoms with Crippen LogP contribution in [0.2, 0.25) is 0 Å². The minimum atomic E-state index is 1.15. The second-order valence-corrected chi connectivity index (χ2v) is 4.02. The molecule has 0 radical (unpaired) electrons. The van der Waals surface area contributed by atoms with Crippen molar-refractivity contribution in [2.24, 2.45) is 0 Å². The molecular formula is C5H4I2. The van der Waals surface area contributed by atoms with Gasteiger partial charge in [-0.15, -0.1) is 0 Å². The lowest BCUT2D eigenvalue weighted by atomic mass is 10.5. The molecule has 0 saturated heterocycles. The molecule has 0 saturated carbocycles. The molecule has 0 aromatic rings. The summed E-state index contributed by atoms with van der Waals surface area (Å²) in [5, 5.41) is 0. The molecular weight excluding hydrogens is 314 g/mol. The van der Waals surface area contributed by atoms with E-state index in [-0.39, 0.29) is 0 Å². The van der Waals surface area contributed by atoms with E-state index in [9.17, 15) is 0 Å². The summed E-state index contributed by atoms with van der Waals surface area (Å²) in [5.74, 6) is 0. The van der Waals surface area contributed by atoms with Gasteiger partial charge in [0, 0.05) is 3.58 Å². The predicted octanol–water partition coefficient (Wildman–Crippen LogP) is 3.03. The Morgan fingerprint density at radius 2 is 2.14 bits per heavy atom. The van der Waals surface area contributed by atoms with E-state index in [4.69, 9.17) is 0 Å². The van der Waals surface area contributed by atoms with Crippen molar-refractivity contribution in [2.75, 3.05) is 0 Å². The van der Waals surface area contributed by atoms with Crippen LogP contribution in [0.15, 0.2) is 19.3 Å². The zero-order valence-corrected chi connectivity index (χ0v) is 7.93. The second-order valence-electron chi connectivity index (χ2n) is 1.38. The van der Waals surface area contributed by atoms with Gasteiger partial charge in [0.25, 0.3) is 0 Å². The van der Waals surface area contributed by atoms with Crippen molar-refractivity contribution in [3.8, 4) is 0 Å². The molecule has 0 nitrogen and oxygen atoms in total. The second kappa shape index (κ2) is 2.48. The lowest BCUT2D eigenvalue weighted by molar-refractivity contribution is 1.44. The SMILES string of the molecule is IC1=CCC(I)=C1. The van der Waals surface area contributed by atoms with Crippen LogP contribution in [0, 0.1) is 0 Å². The van der Waals surface area contributed by atoms with Gasteiger partial charge in [-0.2, -0.15) is 0 Å². The fourth-order valence-corrected chi connectivity index (χ4v) is 2.21. The Kier molecular flexibility index (Phi) is 2.15. The van der Waals surface area contributed by atoms with Crippen LogP contribution in [0.3, 0.4) is 0 Å². The molecule has 0 N–H and O–H groups in total. The van der Waals surface area contributed by atoms with Gasteiger partial charge < -0.3 is 0 Å². The van der Waals surface area contributed by atoms with Gasteiger partial charge in [-0.1, -0.05) is 6.08 Å². The van der Waals surface area contributed by atoms with Crippen molar-refractivity contribution in [1.29, 1.82) is 0 Å². The summed E-state index contributed by atoms with van der Waals surface area (Å²) in [7, 11) is 0. The van der Waals surface area contributed by atoms with E-state index >= 15 is 0 Å². The first-order valence-corrected chi connectivity index (χ1v) is 4.16. The molecule has 38 valence electrons. The largest absolute Gasteiger partial charge is 0.0662 e. The van der Waals surface area contributed by atoms with E-state index in [1.165, 1.54) is 7.16 Å². The molecule has 0 heterocycles. The third-order valence-corrected chi connectivity index (χ3v) is 2.29. The number of rotatable bonds is 0. The average molecular weight is 318 g/mol. The highest BCUT2D eigenvalue weighted by atomic mass is 127. The monoisotopic (exact) mass is 318 g/mol. The molecule has 0 unspecified atom stereocenters. The van der Waals surface area contributed by atoms with Crippen molar-refractivity contribution in [2.45, 2.75) is 6.42 Å². The maximum Gasteiger partial charge on any atom is 0.0101 e. The summed E-state index contributed by atoms with van der Waals surface area (Å²) in [4.78, 5) is 0. The van der Waals surface area contributed by atoms with Gasteiger partial charge in [0.2, 0.25) is 0 Å². The zero-order chi connectivity index (χ0) is 5.28. The Balaban J connectivity index is 2.69. The number of halogens is 2. The topological polar surface area (TPSA) is 0 Å². The highest BCUT2D eigenvalue weighted by Crippen LogP contribution is 2.26. The third kappa shape index (κ3) is 1.71. The molecule has 1 aliphatic carbocycles. The molecule has 2 heteroatoms. The Hall–Kier alpha value is 0.940. The lowest BCUT2D eigenvalue weighted by Crippen LogP contribution is -1.51. The summed E-state index contributed by atoms with van der Waals surface area (Å²) >= 11 is 4.68. The van der Waals surface area contributed by atoms with E-state index in [1.807, 2.05) is 0 Å². The van der Waals surface area contributed by atoms with E-state index in [0.717, 1.165) is 6.42 Å². The molecule has 0 aliphatic heterocycles. The summed E-state index contributed by atoms with van der Waals surface area (Å²) in [6.45, 7) is 0. The van der Waals surface area contributed by atoms with E-state index < -0.39 is 0 Å². The summed E-state index contributed by atoms with van der Waals surface area (Å²) < 4.78 is 2.82. The summed E-state index contributed by atoms with van der Waals surface area (Å²) in [6, 6.07) is 0.